The zero-order chi connectivity index (χ0) is 21.7. The van der Waals surface area contributed by atoms with Crippen LogP contribution in [0, 0.1) is 5.92 Å². The summed E-state index contributed by atoms with van der Waals surface area (Å²) in [7, 11) is 0. The van der Waals surface area contributed by atoms with Gasteiger partial charge in [0.15, 0.2) is 0 Å². The first-order chi connectivity index (χ1) is 14.8. The van der Waals surface area contributed by atoms with Gasteiger partial charge in [0.25, 0.3) is 0 Å². The highest BCUT2D eigenvalue weighted by molar-refractivity contribution is 5.13. The van der Waals surface area contributed by atoms with Crippen LogP contribution >= 0.6 is 0 Å². The SMILES string of the molecule is CCCCCCCCCCCCCCCCC(CO)C(CO)OCc1ccccc1. The lowest BCUT2D eigenvalue weighted by atomic mass is 9.95. The topological polar surface area (TPSA) is 49.7 Å². The van der Waals surface area contributed by atoms with Crippen molar-refractivity contribution in [1.29, 1.82) is 0 Å². The summed E-state index contributed by atoms with van der Waals surface area (Å²) in [6, 6.07) is 10.0. The minimum Gasteiger partial charge on any atom is -0.396 e. The van der Waals surface area contributed by atoms with Crippen LogP contribution in [0.25, 0.3) is 0 Å². The second kappa shape index (κ2) is 20.0. The van der Waals surface area contributed by atoms with E-state index in [1.807, 2.05) is 30.3 Å². The van der Waals surface area contributed by atoms with Crippen molar-refractivity contribution < 1.29 is 14.9 Å². The molecule has 1 rings (SSSR count). The number of benzene rings is 1. The quantitative estimate of drug-likeness (QED) is 0.210. The van der Waals surface area contributed by atoms with E-state index in [1.165, 1.54) is 83.5 Å². The molecule has 0 aromatic heterocycles. The van der Waals surface area contributed by atoms with Crippen LogP contribution in [0.15, 0.2) is 30.3 Å². The van der Waals surface area contributed by atoms with Crippen molar-refractivity contribution in [2.24, 2.45) is 5.92 Å². The van der Waals surface area contributed by atoms with Gasteiger partial charge in [0.1, 0.15) is 0 Å². The zero-order valence-corrected chi connectivity index (χ0v) is 19.6. The van der Waals surface area contributed by atoms with E-state index in [0.717, 1.165) is 18.4 Å². The molecule has 174 valence electrons. The number of unbranched alkanes of at least 4 members (excludes halogenated alkanes) is 13. The second-order valence-corrected chi connectivity index (χ2v) is 8.85. The van der Waals surface area contributed by atoms with Crippen LogP contribution in [0.1, 0.15) is 109 Å². The Morgan fingerprint density at radius 2 is 1.17 bits per heavy atom. The predicted octanol–water partition coefficient (Wildman–Crippen LogP) is 7.04. The van der Waals surface area contributed by atoms with E-state index < -0.39 is 0 Å². The van der Waals surface area contributed by atoms with Crippen molar-refractivity contribution in [1.82, 2.24) is 0 Å². The smallest absolute Gasteiger partial charge is 0.0860 e. The van der Waals surface area contributed by atoms with Crippen molar-refractivity contribution in [2.75, 3.05) is 13.2 Å². The Kier molecular flexibility index (Phi) is 18.1. The summed E-state index contributed by atoms with van der Waals surface area (Å²) >= 11 is 0. The van der Waals surface area contributed by atoms with Gasteiger partial charge in [-0.25, -0.2) is 0 Å². The molecular weight excluding hydrogens is 372 g/mol. The number of hydrogen-bond donors (Lipinski definition) is 2. The highest BCUT2D eigenvalue weighted by atomic mass is 16.5. The van der Waals surface area contributed by atoms with Gasteiger partial charge in [0.05, 0.1) is 19.3 Å². The average molecular weight is 421 g/mol. The molecular formula is C27H48O3. The number of aliphatic hydroxyl groups is 2. The molecule has 0 aliphatic heterocycles. The van der Waals surface area contributed by atoms with Gasteiger partial charge >= 0.3 is 0 Å². The van der Waals surface area contributed by atoms with E-state index in [2.05, 4.69) is 6.92 Å². The summed E-state index contributed by atoms with van der Waals surface area (Å²) < 4.78 is 5.89. The molecule has 2 unspecified atom stereocenters. The molecule has 2 N–H and O–H groups in total. The number of hydrogen-bond acceptors (Lipinski definition) is 3. The Morgan fingerprint density at radius 1 is 0.667 bits per heavy atom. The van der Waals surface area contributed by atoms with E-state index >= 15 is 0 Å². The molecule has 0 saturated carbocycles. The van der Waals surface area contributed by atoms with Gasteiger partial charge < -0.3 is 14.9 Å². The lowest BCUT2D eigenvalue weighted by Crippen LogP contribution is -2.30. The predicted molar refractivity (Wildman–Crippen MR) is 128 cm³/mol. The fourth-order valence-electron chi connectivity index (χ4n) is 4.11. The summed E-state index contributed by atoms with van der Waals surface area (Å²) in [5.41, 5.74) is 1.10. The van der Waals surface area contributed by atoms with Crippen LogP contribution in [-0.4, -0.2) is 29.5 Å². The van der Waals surface area contributed by atoms with E-state index in [4.69, 9.17) is 4.74 Å². The maximum atomic E-state index is 9.74. The van der Waals surface area contributed by atoms with Crippen LogP contribution in [-0.2, 0) is 11.3 Å². The minimum atomic E-state index is -0.280. The van der Waals surface area contributed by atoms with Crippen molar-refractivity contribution in [3.05, 3.63) is 35.9 Å². The van der Waals surface area contributed by atoms with Gasteiger partial charge in [-0.3, -0.25) is 0 Å². The first-order valence-electron chi connectivity index (χ1n) is 12.7. The molecule has 0 amide bonds. The van der Waals surface area contributed by atoms with Crippen LogP contribution in [0.2, 0.25) is 0 Å². The third-order valence-corrected chi connectivity index (χ3v) is 6.18. The van der Waals surface area contributed by atoms with Crippen molar-refractivity contribution >= 4 is 0 Å². The normalized spacial score (nSPS) is 13.4. The van der Waals surface area contributed by atoms with Crippen LogP contribution in [0.4, 0.5) is 0 Å². The van der Waals surface area contributed by atoms with Gasteiger partial charge in [-0.2, -0.15) is 0 Å². The molecule has 0 bridgehead atoms. The molecule has 1 aromatic rings. The number of rotatable bonds is 21. The highest BCUT2D eigenvalue weighted by Gasteiger charge is 2.20. The van der Waals surface area contributed by atoms with Crippen molar-refractivity contribution in [3.8, 4) is 0 Å². The molecule has 0 saturated heterocycles. The maximum Gasteiger partial charge on any atom is 0.0860 e. The first-order valence-corrected chi connectivity index (χ1v) is 12.7. The van der Waals surface area contributed by atoms with Crippen molar-refractivity contribution in [3.63, 3.8) is 0 Å². The first kappa shape index (κ1) is 27.1. The highest BCUT2D eigenvalue weighted by Crippen LogP contribution is 2.19. The molecule has 0 radical (unpaired) electrons. The summed E-state index contributed by atoms with van der Waals surface area (Å²) in [6.45, 7) is 2.81. The molecule has 1 aromatic carbocycles. The Morgan fingerprint density at radius 3 is 1.63 bits per heavy atom. The third-order valence-electron chi connectivity index (χ3n) is 6.18. The molecule has 0 heterocycles. The molecule has 0 fully saturated rings. The standard InChI is InChI=1S/C27H48O3/c1-2-3-4-5-6-7-8-9-10-11-12-13-14-18-21-26(22-28)27(23-29)30-24-25-19-16-15-17-20-25/h15-17,19-20,26-29H,2-14,18,21-24H2,1H3. The second-order valence-electron chi connectivity index (χ2n) is 8.85. The summed E-state index contributed by atoms with van der Waals surface area (Å²) in [4.78, 5) is 0. The Hall–Kier alpha value is -0.900. The van der Waals surface area contributed by atoms with Gasteiger partial charge in [0.2, 0.25) is 0 Å². The Bertz CT molecular complexity index is 462. The van der Waals surface area contributed by atoms with Gasteiger partial charge in [-0.15, -0.1) is 0 Å². The third kappa shape index (κ3) is 14.2. The molecule has 30 heavy (non-hydrogen) atoms. The van der Waals surface area contributed by atoms with E-state index in [0.29, 0.717) is 6.61 Å². The maximum absolute atomic E-state index is 9.74. The lowest BCUT2D eigenvalue weighted by Gasteiger charge is -2.24. The number of ether oxygens (including phenoxy) is 1. The van der Waals surface area contributed by atoms with E-state index in [-0.39, 0.29) is 25.2 Å². The fourth-order valence-corrected chi connectivity index (χ4v) is 4.11. The fraction of sp³-hybridized carbons (Fsp3) is 0.778. The molecule has 0 spiro atoms. The summed E-state index contributed by atoms with van der Waals surface area (Å²) in [6.07, 6.45) is 19.6. The summed E-state index contributed by atoms with van der Waals surface area (Å²) in [5, 5.41) is 19.4. The molecule has 3 nitrogen and oxygen atoms in total. The van der Waals surface area contributed by atoms with Crippen molar-refractivity contribution in [2.45, 2.75) is 116 Å². The van der Waals surface area contributed by atoms with Crippen LogP contribution < -0.4 is 0 Å². The van der Waals surface area contributed by atoms with Gasteiger partial charge in [0, 0.05) is 12.5 Å². The molecule has 2 atom stereocenters. The Labute approximate surface area is 186 Å². The largest absolute Gasteiger partial charge is 0.396 e. The minimum absolute atomic E-state index is 0.0241. The van der Waals surface area contributed by atoms with E-state index in [9.17, 15) is 10.2 Å². The zero-order valence-electron chi connectivity index (χ0n) is 19.6. The van der Waals surface area contributed by atoms with Crippen LogP contribution in [0.5, 0.6) is 0 Å². The Balaban J connectivity index is 1.99. The average Bonchev–Trinajstić information content (AvgIpc) is 2.78. The lowest BCUT2D eigenvalue weighted by molar-refractivity contribution is -0.0489. The van der Waals surface area contributed by atoms with Gasteiger partial charge in [-0.1, -0.05) is 127 Å². The summed E-state index contributed by atoms with van der Waals surface area (Å²) in [5.74, 6) is 0.0241. The monoisotopic (exact) mass is 420 g/mol. The van der Waals surface area contributed by atoms with E-state index in [1.54, 1.807) is 0 Å². The molecule has 3 heteroatoms. The number of aliphatic hydroxyl groups excluding tert-OH is 2. The van der Waals surface area contributed by atoms with Gasteiger partial charge in [-0.05, 0) is 12.0 Å². The molecule has 0 aliphatic rings. The molecule has 0 aliphatic carbocycles. The van der Waals surface area contributed by atoms with Crippen LogP contribution in [0.3, 0.4) is 0 Å².